The summed E-state index contributed by atoms with van der Waals surface area (Å²) in [5.74, 6) is 0.761. The molecule has 1 nitrogen and oxygen atoms in total. The smallest absolute Gasteiger partial charge is 0.155 e. The van der Waals surface area contributed by atoms with Crippen molar-refractivity contribution in [2.75, 3.05) is 0 Å². The third-order valence-corrected chi connectivity index (χ3v) is 2.92. The fourth-order valence-electron chi connectivity index (χ4n) is 1.81. The first kappa shape index (κ1) is 10.2. The average molecular weight is 178 g/mol. The molecule has 1 rings (SSSR count). The van der Waals surface area contributed by atoms with Gasteiger partial charge in [-0.1, -0.05) is 26.0 Å². The van der Waals surface area contributed by atoms with Crippen LogP contribution in [0.2, 0.25) is 0 Å². The van der Waals surface area contributed by atoms with E-state index in [2.05, 4.69) is 20.4 Å². The van der Waals surface area contributed by atoms with E-state index in [1.165, 1.54) is 0 Å². The van der Waals surface area contributed by atoms with E-state index >= 15 is 0 Å². The zero-order valence-corrected chi connectivity index (χ0v) is 8.55. The van der Waals surface area contributed by atoms with Gasteiger partial charge in [0.15, 0.2) is 5.78 Å². The second-order valence-corrected chi connectivity index (χ2v) is 4.39. The Morgan fingerprint density at radius 3 is 3.00 bits per heavy atom. The summed E-state index contributed by atoms with van der Waals surface area (Å²) in [4.78, 5) is 11.2. The molecule has 0 aliphatic heterocycles. The summed E-state index contributed by atoms with van der Waals surface area (Å²) >= 11 is 0. The number of hydrogen-bond donors (Lipinski definition) is 0. The average Bonchev–Trinajstić information content (AvgIpc) is 2.07. The first-order chi connectivity index (χ1) is 6.06. The standard InChI is InChI=1S/C12H18O/c1-4-5-6-10-9-11(13)7-8-12(10,2)3/h4,7-8,10H,1,5-6,9H2,2-3H3. The van der Waals surface area contributed by atoms with Gasteiger partial charge in [0.05, 0.1) is 0 Å². The van der Waals surface area contributed by atoms with Crippen LogP contribution < -0.4 is 0 Å². The third-order valence-electron chi connectivity index (χ3n) is 2.92. The van der Waals surface area contributed by atoms with Crippen LogP contribution in [0.15, 0.2) is 24.8 Å². The van der Waals surface area contributed by atoms with Crippen LogP contribution in [0.1, 0.15) is 33.1 Å². The van der Waals surface area contributed by atoms with Crippen LogP contribution in [0.5, 0.6) is 0 Å². The normalized spacial score (nSPS) is 26.0. The molecule has 1 unspecified atom stereocenters. The lowest BCUT2D eigenvalue weighted by atomic mass is 9.71. The molecule has 1 atom stereocenters. The Labute approximate surface area is 80.5 Å². The maximum absolute atomic E-state index is 11.2. The fraction of sp³-hybridized carbons (Fsp3) is 0.583. The summed E-state index contributed by atoms with van der Waals surface area (Å²) in [6.07, 6.45) is 8.50. The summed E-state index contributed by atoms with van der Waals surface area (Å²) < 4.78 is 0. The molecule has 0 bridgehead atoms. The van der Waals surface area contributed by atoms with Gasteiger partial charge in [0.2, 0.25) is 0 Å². The van der Waals surface area contributed by atoms with Crippen LogP contribution in [-0.2, 0) is 4.79 Å². The molecule has 0 saturated carbocycles. The largest absolute Gasteiger partial charge is 0.295 e. The maximum atomic E-state index is 11.2. The molecule has 0 aromatic heterocycles. The Bertz CT molecular complexity index is 236. The predicted molar refractivity (Wildman–Crippen MR) is 55.5 cm³/mol. The number of carbonyl (C=O) groups excluding carboxylic acids is 1. The van der Waals surface area contributed by atoms with Crippen LogP contribution in [0.4, 0.5) is 0 Å². The first-order valence-corrected chi connectivity index (χ1v) is 4.89. The van der Waals surface area contributed by atoms with Gasteiger partial charge in [-0.05, 0) is 30.3 Å². The second kappa shape index (κ2) is 3.91. The van der Waals surface area contributed by atoms with Gasteiger partial charge in [-0.3, -0.25) is 4.79 Å². The van der Waals surface area contributed by atoms with Crippen molar-refractivity contribution < 1.29 is 4.79 Å². The molecule has 0 amide bonds. The van der Waals surface area contributed by atoms with E-state index < -0.39 is 0 Å². The van der Waals surface area contributed by atoms with Crippen molar-refractivity contribution in [2.45, 2.75) is 33.1 Å². The molecule has 0 spiro atoms. The van der Waals surface area contributed by atoms with Crippen LogP contribution in [0.3, 0.4) is 0 Å². The Kier molecular flexibility index (Phi) is 3.07. The zero-order chi connectivity index (χ0) is 9.90. The minimum Gasteiger partial charge on any atom is -0.295 e. The maximum Gasteiger partial charge on any atom is 0.155 e. The quantitative estimate of drug-likeness (QED) is 0.607. The summed E-state index contributed by atoms with van der Waals surface area (Å²) in [5, 5.41) is 0. The van der Waals surface area contributed by atoms with Crippen LogP contribution in [-0.4, -0.2) is 5.78 Å². The van der Waals surface area contributed by atoms with Crippen molar-refractivity contribution in [3.63, 3.8) is 0 Å². The molecule has 0 radical (unpaired) electrons. The third kappa shape index (κ3) is 2.55. The zero-order valence-electron chi connectivity index (χ0n) is 8.55. The second-order valence-electron chi connectivity index (χ2n) is 4.39. The Hall–Kier alpha value is -0.850. The molecular weight excluding hydrogens is 160 g/mol. The Balaban J connectivity index is 2.66. The van der Waals surface area contributed by atoms with Gasteiger partial charge >= 0.3 is 0 Å². The van der Waals surface area contributed by atoms with Gasteiger partial charge in [0.1, 0.15) is 0 Å². The highest BCUT2D eigenvalue weighted by molar-refractivity contribution is 5.90. The molecule has 0 heterocycles. The highest BCUT2D eigenvalue weighted by Gasteiger charge is 2.30. The molecule has 72 valence electrons. The van der Waals surface area contributed by atoms with E-state index in [0.717, 1.165) is 12.8 Å². The minimum absolute atomic E-state index is 0.178. The van der Waals surface area contributed by atoms with Crippen molar-refractivity contribution >= 4 is 5.78 Å². The fourth-order valence-corrected chi connectivity index (χ4v) is 1.81. The molecule has 0 fully saturated rings. The van der Waals surface area contributed by atoms with E-state index in [9.17, 15) is 4.79 Å². The molecule has 13 heavy (non-hydrogen) atoms. The SMILES string of the molecule is C=CCCC1CC(=O)C=CC1(C)C. The monoisotopic (exact) mass is 178 g/mol. The lowest BCUT2D eigenvalue weighted by molar-refractivity contribution is -0.116. The lowest BCUT2D eigenvalue weighted by Crippen LogP contribution is -2.27. The molecule has 0 N–H and O–H groups in total. The first-order valence-electron chi connectivity index (χ1n) is 4.89. The van der Waals surface area contributed by atoms with Crippen LogP contribution >= 0.6 is 0 Å². The lowest BCUT2D eigenvalue weighted by Gasteiger charge is -2.33. The Morgan fingerprint density at radius 1 is 1.69 bits per heavy atom. The molecule has 0 saturated heterocycles. The van der Waals surface area contributed by atoms with E-state index in [1.807, 2.05) is 12.2 Å². The molecule has 1 heteroatoms. The number of rotatable bonds is 3. The number of ketones is 1. The van der Waals surface area contributed by atoms with E-state index in [1.54, 1.807) is 6.08 Å². The van der Waals surface area contributed by atoms with Gasteiger partial charge < -0.3 is 0 Å². The van der Waals surface area contributed by atoms with Crippen molar-refractivity contribution in [3.8, 4) is 0 Å². The molecular formula is C12H18O. The van der Waals surface area contributed by atoms with Gasteiger partial charge in [0, 0.05) is 6.42 Å². The van der Waals surface area contributed by atoms with Gasteiger partial charge in [-0.15, -0.1) is 6.58 Å². The molecule has 1 aliphatic rings. The van der Waals surface area contributed by atoms with Crippen molar-refractivity contribution in [2.24, 2.45) is 11.3 Å². The van der Waals surface area contributed by atoms with E-state index in [0.29, 0.717) is 12.3 Å². The van der Waals surface area contributed by atoms with Crippen LogP contribution in [0, 0.1) is 11.3 Å². The van der Waals surface area contributed by atoms with E-state index in [-0.39, 0.29) is 11.2 Å². The van der Waals surface area contributed by atoms with Gasteiger partial charge in [-0.2, -0.15) is 0 Å². The molecule has 1 aliphatic carbocycles. The van der Waals surface area contributed by atoms with Crippen molar-refractivity contribution in [1.29, 1.82) is 0 Å². The minimum atomic E-state index is 0.178. The molecule has 0 aromatic rings. The predicted octanol–water partition coefficient (Wildman–Crippen LogP) is 3.12. The summed E-state index contributed by atoms with van der Waals surface area (Å²) in [6, 6.07) is 0. The van der Waals surface area contributed by atoms with Crippen molar-refractivity contribution in [1.82, 2.24) is 0 Å². The van der Waals surface area contributed by atoms with Gasteiger partial charge in [0.25, 0.3) is 0 Å². The van der Waals surface area contributed by atoms with E-state index in [4.69, 9.17) is 0 Å². The topological polar surface area (TPSA) is 17.1 Å². The number of allylic oxidation sites excluding steroid dienone is 3. The highest BCUT2D eigenvalue weighted by atomic mass is 16.1. The summed E-state index contributed by atoms with van der Waals surface area (Å²) in [7, 11) is 0. The van der Waals surface area contributed by atoms with Crippen LogP contribution in [0.25, 0.3) is 0 Å². The highest BCUT2D eigenvalue weighted by Crippen LogP contribution is 2.37. The van der Waals surface area contributed by atoms with Crippen molar-refractivity contribution in [3.05, 3.63) is 24.8 Å². The summed E-state index contributed by atoms with van der Waals surface area (Å²) in [6.45, 7) is 8.11. The summed E-state index contributed by atoms with van der Waals surface area (Å²) in [5.41, 5.74) is 0.178. The van der Waals surface area contributed by atoms with Gasteiger partial charge in [-0.25, -0.2) is 0 Å². The molecule has 0 aromatic carbocycles. The Morgan fingerprint density at radius 2 is 2.38 bits per heavy atom. The number of hydrogen-bond acceptors (Lipinski definition) is 1. The number of carbonyl (C=O) groups is 1.